The Balaban J connectivity index is 2.29. The molecule has 0 radical (unpaired) electrons. The highest BCUT2D eigenvalue weighted by Gasteiger charge is 2.14. The summed E-state index contributed by atoms with van der Waals surface area (Å²) in [6.07, 6.45) is 1.59. The number of aromatic nitrogens is 1. The molecule has 2 rings (SSSR count). The third-order valence-corrected chi connectivity index (χ3v) is 2.89. The summed E-state index contributed by atoms with van der Waals surface area (Å²) in [6.45, 7) is 5.96. The van der Waals surface area contributed by atoms with E-state index in [9.17, 15) is 0 Å². The zero-order valence-corrected chi connectivity index (χ0v) is 11.1. The summed E-state index contributed by atoms with van der Waals surface area (Å²) in [5.41, 5.74) is 8.39. The Morgan fingerprint density at radius 1 is 1.41 bits per heavy atom. The molecule has 2 aromatic rings. The van der Waals surface area contributed by atoms with E-state index in [1.807, 2.05) is 32.9 Å². The number of nitrogens with two attached hydrogens (primary N) is 1. The molecule has 2 N–H and O–H groups in total. The smallest absolute Gasteiger partial charge is 0.195 e. The van der Waals surface area contributed by atoms with Gasteiger partial charge in [0.25, 0.3) is 0 Å². The molecule has 17 heavy (non-hydrogen) atoms. The Kier molecular flexibility index (Phi) is 3.15. The molecule has 0 saturated carbocycles. The van der Waals surface area contributed by atoms with Crippen LogP contribution in [0.5, 0.6) is 0 Å². The van der Waals surface area contributed by atoms with Crippen LogP contribution in [0.3, 0.4) is 0 Å². The van der Waals surface area contributed by atoms with Crippen LogP contribution in [0.15, 0.2) is 16.5 Å². The second-order valence-corrected chi connectivity index (χ2v) is 5.60. The van der Waals surface area contributed by atoms with Gasteiger partial charge in [-0.05, 0) is 44.9 Å². The van der Waals surface area contributed by atoms with Gasteiger partial charge in [0.2, 0.25) is 0 Å². The molecule has 0 bridgehead atoms. The number of halogens is 1. The summed E-state index contributed by atoms with van der Waals surface area (Å²) in [5.74, 6) is 0.726. The van der Waals surface area contributed by atoms with E-state index in [0.717, 1.165) is 35.4 Å². The van der Waals surface area contributed by atoms with E-state index in [2.05, 4.69) is 4.98 Å². The number of hydrogen-bond acceptors (Lipinski definition) is 3. The van der Waals surface area contributed by atoms with Gasteiger partial charge in [-0.2, -0.15) is 0 Å². The molecule has 1 aromatic heterocycles. The van der Waals surface area contributed by atoms with Gasteiger partial charge in [0, 0.05) is 17.0 Å². The average Bonchev–Trinajstić information content (AvgIpc) is 2.56. The number of rotatable bonds is 3. The van der Waals surface area contributed by atoms with Crippen molar-refractivity contribution in [1.29, 1.82) is 0 Å². The largest absolute Gasteiger partial charge is 0.440 e. The van der Waals surface area contributed by atoms with Crippen LogP contribution in [-0.4, -0.2) is 10.5 Å². The lowest BCUT2D eigenvalue weighted by Crippen LogP contribution is -2.32. The Hall–Kier alpha value is -1.06. The Labute approximate surface area is 106 Å². The quantitative estimate of drug-likeness (QED) is 0.910. The summed E-state index contributed by atoms with van der Waals surface area (Å²) >= 11 is 5.98. The fourth-order valence-corrected chi connectivity index (χ4v) is 2.01. The predicted octanol–water partition coefficient (Wildman–Crippen LogP) is 3.46. The molecule has 0 amide bonds. The van der Waals surface area contributed by atoms with Gasteiger partial charge in [0.05, 0.1) is 0 Å². The average molecular weight is 253 g/mol. The first-order valence-corrected chi connectivity index (χ1v) is 6.07. The minimum Gasteiger partial charge on any atom is -0.440 e. The van der Waals surface area contributed by atoms with Gasteiger partial charge in [0.1, 0.15) is 5.52 Å². The van der Waals surface area contributed by atoms with Gasteiger partial charge in [0.15, 0.2) is 11.5 Å². The number of fused-ring (bicyclic) bond motifs is 1. The number of hydrogen-bond donors (Lipinski definition) is 1. The van der Waals surface area contributed by atoms with Crippen molar-refractivity contribution in [2.24, 2.45) is 5.73 Å². The zero-order valence-electron chi connectivity index (χ0n) is 10.4. The van der Waals surface area contributed by atoms with Crippen molar-refractivity contribution >= 4 is 22.7 Å². The highest BCUT2D eigenvalue weighted by molar-refractivity contribution is 6.31. The van der Waals surface area contributed by atoms with E-state index >= 15 is 0 Å². The second-order valence-electron chi connectivity index (χ2n) is 5.17. The maximum absolute atomic E-state index is 5.98. The molecule has 3 nitrogen and oxygen atoms in total. The van der Waals surface area contributed by atoms with Crippen LogP contribution in [-0.2, 0) is 6.42 Å². The van der Waals surface area contributed by atoms with E-state index in [4.69, 9.17) is 21.8 Å². The maximum atomic E-state index is 5.98. The summed E-state index contributed by atoms with van der Waals surface area (Å²) in [4.78, 5) is 4.43. The second kappa shape index (κ2) is 4.31. The zero-order chi connectivity index (χ0) is 12.6. The molecule has 0 unspecified atom stereocenters. The number of aryl methyl sites for hydroxylation is 2. The molecule has 1 aromatic carbocycles. The number of nitrogens with zero attached hydrogens (tertiary/aromatic N) is 1. The van der Waals surface area contributed by atoms with Crippen molar-refractivity contribution in [3.63, 3.8) is 0 Å². The van der Waals surface area contributed by atoms with Crippen LogP contribution in [0.4, 0.5) is 0 Å². The van der Waals surface area contributed by atoms with Gasteiger partial charge in [-0.25, -0.2) is 4.98 Å². The topological polar surface area (TPSA) is 52.0 Å². The highest BCUT2D eigenvalue weighted by Crippen LogP contribution is 2.25. The summed E-state index contributed by atoms with van der Waals surface area (Å²) in [6, 6.07) is 3.70. The van der Waals surface area contributed by atoms with Crippen LogP contribution in [0.2, 0.25) is 5.02 Å². The van der Waals surface area contributed by atoms with Crippen LogP contribution < -0.4 is 5.73 Å². The molecule has 92 valence electrons. The molecule has 1 heterocycles. The van der Waals surface area contributed by atoms with Crippen molar-refractivity contribution in [3.05, 3.63) is 28.6 Å². The number of oxazole rings is 1. The molecular weight excluding hydrogens is 236 g/mol. The van der Waals surface area contributed by atoms with E-state index in [-0.39, 0.29) is 5.54 Å². The van der Waals surface area contributed by atoms with Gasteiger partial charge >= 0.3 is 0 Å². The lowest BCUT2D eigenvalue weighted by Gasteiger charge is -2.16. The predicted molar refractivity (Wildman–Crippen MR) is 70.3 cm³/mol. The molecule has 0 saturated heterocycles. The van der Waals surface area contributed by atoms with Crippen LogP contribution in [0.25, 0.3) is 11.1 Å². The van der Waals surface area contributed by atoms with Gasteiger partial charge in [-0.1, -0.05) is 11.6 Å². The van der Waals surface area contributed by atoms with Gasteiger partial charge < -0.3 is 10.2 Å². The van der Waals surface area contributed by atoms with Crippen LogP contribution in [0.1, 0.15) is 31.7 Å². The standard InChI is InChI=1S/C13H17ClN2O/c1-8-6-9(14)7-10-12(8)17-11(16-10)4-5-13(2,3)15/h6-7H,4-5,15H2,1-3H3. The van der Waals surface area contributed by atoms with Crippen molar-refractivity contribution in [1.82, 2.24) is 4.98 Å². The lowest BCUT2D eigenvalue weighted by atomic mass is 10.0. The van der Waals surface area contributed by atoms with Crippen LogP contribution in [0, 0.1) is 6.92 Å². The first-order valence-electron chi connectivity index (χ1n) is 5.69. The van der Waals surface area contributed by atoms with Crippen molar-refractivity contribution in [2.45, 2.75) is 39.2 Å². The Morgan fingerprint density at radius 3 is 2.76 bits per heavy atom. The summed E-state index contributed by atoms with van der Waals surface area (Å²) < 4.78 is 5.72. The van der Waals surface area contributed by atoms with E-state index < -0.39 is 0 Å². The van der Waals surface area contributed by atoms with Crippen molar-refractivity contribution in [2.75, 3.05) is 0 Å². The van der Waals surface area contributed by atoms with Gasteiger partial charge in [-0.3, -0.25) is 0 Å². The third kappa shape index (κ3) is 2.99. The normalized spacial score (nSPS) is 12.3. The lowest BCUT2D eigenvalue weighted by molar-refractivity contribution is 0.434. The number of benzene rings is 1. The molecule has 0 spiro atoms. The molecule has 0 atom stereocenters. The molecule has 0 fully saturated rings. The summed E-state index contributed by atoms with van der Waals surface area (Å²) in [5, 5.41) is 0.689. The van der Waals surface area contributed by atoms with Crippen molar-refractivity contribution < 1.29 is 4.42 Å². The Bertz CT molecular complexity index is 540. The van der Waals surface area contributed by atoms with Gasteiger partial charge in [-0.15, -0.1) is 0 Å². The fraction of sp³-hybridized carbons (Fsp3) is 0.462. The fourth-order valence-electron chi connectivity index (χ4n) is 1.74. The third-order valence-electron chi connectivity index (χ3n) is 2.67. The minimum absolute atomic E-state index is 0.201. The monoisotopic (exact) mass is 252 g/mol. The first-order chi connectivity index (χ1) is 7.85. The Morgan fingerprint density at radius 2 is 2.12 bits per heavy atom. The highest BCUT2D eigenvalue weighted by atomic mass is 35.5. The molecule has 0 aliphatic heterocycles. The molecule has 0 aliphatic carbocycles. The first kappa shape index (κ1) is 12.4. The summed E-state index contributed by atoms with van der Waals surface area (Å²) in [7, 11) is 0. The minimum atomic E-state index is -0.201. The van der Waals surface area contributed by atoms with E-state index in [0.29, 0.717) is 5.02 Å². The van der Waals surface area contributed by atoms with Crippen molar-refractivity contribution in [3.8, 4) is 0 Å². The molecule has 4 heteroatoms. The van der Waals surface area contributed by atoms with Crippen LogP contribution >= 0.6 is 11.6 Å². The molecule has 0 aliphatic rings. The van der Waals surface area contributed by atoms with E-state index in [1.165, 1.54) is 0 Å². The molecular formula is C13H17ClN2O. The maximum Gasteiger partial charge on any atom is 0.195 e. The van der Waals surface area contributed by atoms with E-state index in [1.54, 1.807) is 0 Å². The SMILES string of the molecule is Cc1cc(Cl)cc2nc(CCC(C)(C)N)oc12.